The average Bonchev–Trinajstić information content (AvgIpc) is 3.24. The summed E-state index contributed by atoms with van der Waals surface area (Å²) < 4.78 is 53.7. The Morgan fingerprint density at radius 2 is 1.75 bits per heavy atom. The topological polar surface area (TPSA) is 53.4 Å². The first kappa shape index (κ1) is 25.0. The van der Waals surface area contributed by atoms with Crippen LogP contribution in [0.15, 0.2) is 72.8 Å². The number of pyridine rings is 1. The number of hydrogen-bond donors (Lipinski definition) is 0. The van der Waals surface area contributed by atoms with Crippen LogP contribution in [-0.4, -0.2) is 22.1 Å². The Morgan fingerprint density at radius 1 is 0.972 bits per heavy atom. The number of rotatable bonds is 7. The van der Waals surface area contributed by atoms with Crippen molar-refractivity contribution in [2.75, 3.05) is 6.61 Å². The lowest BCUT2D eigenvalue weighted by atomic mass is 10.1. The molecule has 2 aromatic carbocycles. The van der Waals surface area contributed by atoms with Crippen molar-refractivity contribution < 1.29 is 27.4 Å². The summed E-state index contributed by atoms with van der Waals surface area (Å²) in [6, 6.07) is 19.4. The van der Waals surface area contributed by atoms with Gasteiger partial charge in [0.25, 0.3) is 0 Å². The van der Waals surface area contributed by atoms with Crippen LogP contribution < -0.4 is 4.74 Å². The standard InChI is InChI=1S/C28H25F3N2O3/c1-4-35-27(34)23-10-7-11-26(32-23)33-19(3)12-14-24(33)22-16-21(28(29,30)31)13-15-25(22)36-17-20-9-6-5-8-18(20)2/h5-16H,4,17H2,1-3H3. The van der Waals surface area contributed by atoms with Crippen molar-refractivity contribution in [3.05, 3.63) is 101 Å². The molecule has 0 spiro atoms. The number of esters is 1. The van der Waals surface area contributed by atoms with Gasteiger partial charge in [-0.3, -0.25) is 4.57 Å². The van der Waals surface area contributed by atoms with Crippen molar-refractivity contribution in [1.82, 2.24) is 9.55 Å². The van der Waals surface area contributed by atoms with Crippen molar-refractivity contribution in [2.24, 2.45) is 0 Å². The van der Waals surface area contributed by atoms with E-state index in [2.05, 4.69) is 4.98 Å². The van der Waals surface area contributed by atoms with Gasteiger partial charge in [-0.05, 0) is 74.4 Å². The zero-order chi connectivity index (χ0) is 25.9. The normalized spacial score (nSPS) is 11.4. The van der Waals surface area contributed by atoms with E-state index in [1.165, 1.54) is 12.1 Å². The van der Waals surface area contributed by atoms with E-state index < -0.39 is 17.7 Å². The summed E-state index contributed by atoms with van der Waals surface area (Å²) in [7, 11) is 0. The molecule has 0 aliphatic heterocycles. The number of ether oxygens (including phenoxy) is 2. The quantitative estimate of drug-likeness (QED) is 0.262. The number of nitrogens with zero attached hydrogens (tertiary/aromatic N) is 2. The molecular weight excluding hydrogens is 469 g/mol. The minimum atomic E-state index is -4.53. The van der Waals surface area contributed by atoms with Crippen molar-refractivity contribution >= 4 is 5.97 Å². The average molecular weight is 495 g/mol. The molecule has 36 heavy (non-hydrogen) atoms. The number of carbonyl (C=O) groups excluding carboxylic acids is 1. The minimum absolute atomic E-state index is 0.105. The van der Waals surface area contributed by atoms with Crippen LogP contribution in [0.25, 0.3) is 17.1 Å². The molecule has 0 saturated carbocycles. The number of benzene rings is 2. The maximum absolute atomic E-state index is 13.7. The summed E-state index contributed by atoms with van der Waals surface area (Å²) in [5, 5.41) is 0. The molecule has 186 valence electrons. The number of aromatic nitrogens is 2. The molecule has 0 amide bonds. The van der Waals surface area contributed by atoms with Gasteiger partial charge in [-0.25, -0.2) is 9.78 Å². The van der Waals surface area contributed by atoms with Gasteiger partial charge in [0.05, 0.1) is 17.9 Å². The van der Waals surface area contributed by atoms with E-state index in [1.54, 1.807) is 35.8 Å². The van der Waals surface area contributed by atoms with Crippen molar-refractivity contribution in [3.8, 4) is 22.8 Å². The summed E-state index contributed by atoms with van der Waals surface area (Å²) in [4.78, 5) is 16.6. The largest absolute Gasteiger partial charge is 0.488 e. The Balaban J connectivity index is 1.81. The van der Waals surface area contributed by atoms with E-state index in [1.807, 2.05) is 38.1 Å². The third kappa shape index (κ3) is 5.27. The molecule has 4 aromatic rings. The fourth-order valence-electron chi connectivity index (χ4n) is 3.88. The van der Waals surface area contributed by atoms with E-state index >= 15 is 0 Å². The molecule has 0 unspecified atom stereocenters. The van der Waals surface area contributed by atoms with E-state index in [0.29, 0.717) is 17.3 Å². The Hall–Kier alpha value is -4.07. The zero-order valence-electron chi connectivity index (χ0n) is 20.1. The van der Waals surface area contributed by atoms with Crippen molar-refractivity contribution in [2.45, 2.75) is 33.6 Å². The van der Waals surface area contributed by atoms with Gasteiger partial charge >= 0.3 is 12.1 Å². The highest BCUT2D eigenvalue weighted by atomic mass is 19.4. The van der Waals surface area contributed by atoms with Crippen LogP contribution in [0.2, 0.25) is 0 Å². The number of hydrogen-bond acceptors (Lipinski definition) is 4. The first-order valence-electron chi connectivity index (χ1n) is 11.4. The van der Waals surface area contributed by atoms with Crippen LogP contribution >= 0.6 is 0 Å². The Bertz CT molecular complexity index is 1390. The van der Waals surface area contributed by atoms with Crippen LogP contribution in [0.3, 0.4) is 0 Å². The second-order valence-corrected chi connectivity index (χ2v) is 8.22. The Morgan fingerprint density at radius 3 is 2.47 bits per heavy atom. The van der Waals surface area contributed by atoms with Gasteiger partial charge in [-0.2, -0.15) is 13.2 Å². The lowest BCUT2D eigenvalue weighted by Crippen LogP contribution is -2.11. The smallest absolute Gasteiger partial charge is 0.416 e. The van der Waals surface area contributed by atoms with Gasteiger partial charge in [0, 0.05) is 11.3 Å². The van der Waals surface area contributed by atoms with Gasteiger partial charge in [0.15, 0.2) is 5.69 Å². The van der Waals surface area contributed by atoms with Crippen molar-refractivity contribution in [1.29, 1.82) is 0 Å². The maximum atomic E-state index is 13.7. The first-order chi connectivity index (χ1) is 17.2. The summed E-state index contributed by atoms with van der Waals surface area (Å²) in [5.41, 5.74) is 2.69. The predicted molar refractivity (Wildman–Crippen MR) is 130 cm³/mol. The van der Waals surface area contributed by atoms with Crippen LogP contribution in [0.4, 0.5) is 13.2 Å². The second-order valence-electron chi connectivity index (χ2n) is 8.22. The van der Waals surface area contributed by atoms with Gasteiger partial charge in [-0.1, -0.05) is 30.3 Å². The van der Waals surface area contributed by atoms with Crippen LogP contribution in [0.1, 0.15) is 39.8 Å². The summed E-state index contributed by atoms with van der Waals surface area (Å²) in [6.45, 7) is 5.85. The van der Waals surface area contributed by atoms with E-state index in [-0.39, 0.29) is 24.5 Å². The minimum Gasteiger partial charge on any atom is -0.488 e. The van der Waals surface area contributed by atoms with Gasteiger partial charge in [0.1, 0.15) is 18.2 Å². The Kier molecular flexibility index (Phi) is 7.15. The highest BCUT2D eigenvalue weighted by molar-refractivity contribution is 5.87. The predicted octanol–water partition coefficient (Wildman–Crippen LogP) is 6.93. The molecule has 8 heteroatoms. The summed E-state index contributed by atoms with van der Waals surface area (Å²) >= 11 is 0. The Labute approximate surface area is 207 Å². The lowest BCUT2D eigenvalue weighted by Gasteiger charge is -2.18. The monoisotopic (exact) mass is 494 g/mol. The van der Waals surface area contributed by atoms with Crippen molar-refractivity contribution in [3.63, 3.8) is 0 Å². The zero-order valence-corrected chi connectivity index (χ0v) is 20.1. The van der Waals surface area contributed by atoms with Gasteiger partial charge in [-0.15, -0.1) is 0 Å². The molecule has 0 fully saturated rings. The fourth-order valence-corrected chi connectivity index (χ4v) is 3.88. The molecule has 2 aromatic heterocycles. The molecule has 2 heterocycles. The SMILES string of the molecule is CCOC(=O)c1cccc(-n2c(C)ccc2-c2cc(C(F)(F)F)ccc2OCc2ccccc2C)n1. The number of carbonyl (C=O) groups is 1. The number of aryl methyl sites for hydroxylation is 2. The lowest BCUT2D eigenvalue weighted by molar-refractivity contribution is -0.137. The molecule has 4 rings (SSSR count). The fraction of sp³-hybridized carbons (Fsp3) is 0.214. The van der Waals surface area contributed by atoms with Crippen LogP contribution in [0.5, 0.6) is 5.75 Å². The molecule has 0 aliphatic carbocycles. The number of halogens is 3. The summed E-state index contributed by atoms with van der Waals surface area (Å²) in [6.07, 6.45) is -4.53. The molecule has 0 saturated heterocycles. The number of alkyl halides is 3. The molecule has 0 N–H and O–H groups in total. The molecule has 0 bridgehead atoms. The van der Waals surface area contributed by atoms with E-state index in [4.69, 9.17) is 9.47 Å². The third-order valence-electron chi connectivity index (χ3n) is 5.75. The van der Waals surface area contributed by atoms with Gasteiger partial charge < -0.3 is 9.47 Å². The molecule has 0 atom stereocenters. The molecule has 0 radical (unpaired) electrons. The molecule has 5 nitrogen and oxygen atoms in total. The molecular formula is C28H25F3N2O3. The highest BCUT2D eigenvalue weighted by Gasteiger charge is 2.32. The second kappa shape index (κ2) is 10.3. The first-order valence-corrected chi connectivity index (χ1v) is 11.4. The third-order valence-corrected chi connectivity index (χ3v) is 5.75. The summed E-state index contributed by atoms with van der Waals surface area (Å²) in [5.74, 6) is 0.0968. The maximum Gasteiger partial charge on any atom is 0.416 e. The van der Waals surface area contributed by atoms with Crippen LogP contribution in [0, 0.1) is 13.8 Å². The highest BCUT2D eigenvalue weighted by Crippen LogP contribution is 2.39. The van der Waals surface area contributed by atoms with Crippen LogP contribution in [-0.2, 0) is 17.5 Å². The van der Waals surface area contributed by atoms with E-state index in [0.717, 1.165) is 29.0 Å². The van der Waals surface area contributed by atoms with Gasteiger partial charge in [0.2, 0.25) is 0 Å². The van der Waals surface area contributed by atoms with E-state index in [9.17, 15) is 18.0 Å². The molecule has 0 aliphatic rings.